The van der Waals surface area contributed by atoms with Gasteiger partial charge in [-0.3, -0.25) is 0 Å². The van der Waals surface area contributed by atoms with Crippen molar-refractivity contribution in [2.75, 3.05) is 7.11 Å². The van der Waals surface area contributed by atoms with Crippen molar-refractivity contribution in [3.63, 3.8) is 0 Å². The minimum absolute atomic E-state index is 0.247. The van der Waals surface area contributed by atoms with Gasteiger partial charge in [-0.25, -0.2) is 4.79 Å². The predicted molar refractivity (Wildman–Crippen MR) is 71.8 cm³/mol. The number of carbonyl (C=O) groups is 1. The quantitative estimate of drug-likeness (QED) is 0.786. The number of methoxy groups -OCH3 is 1. The molecule has 20 heavy (non-hydrogen) atoms. The van der Waals surface area contributed by atoms with Gasteiger partial charge in [-0.15, -0.1) is 10.2 Å². The van der Waals surface area contributed by atoms with Crippen LogP contribution in [0.3, 0.4) is 0 Å². The van der Waals surface area contributed by atoms with Crippen molar-refractivity contribution in [3.05, 3.63) is 35.7 Å². The fourth-order valence-electron chi connectivity index (χ4n) is 1.75. The summed E-state index contributed by atoms with van der Waals surface area (Å²) in [7, 11) is 1.58. The minimum Gasteiger partial charge on any atom is -0.478 e. The van der Waals surface area contributed by atoms with E-state index in [4.69, 9.17) is 9.84 Å². The number of hydrogen-bond acceptors (Lipinski definition) is 6. The lowest BCUT2D eigenvalue weighted by Crippen LogP contribution is -1.97. The Bertz CT molecular complexity index is 763. The first-order chi connectivity index (χ1) is 9.69. The maximum atomic E-state index is 10.8. The first kappa shape index (κ1) is 12.7. The summed E-state index contributed by atoms with van der Waals surface area (Å²) >= 11 is 1.39. The van der Waals surface area contributed by atoms with Crippen molar-refractivity contribution in [1.82, 2.24) is 19.8 Å². The smallest absolute Gasteiger partial charge is 0.335 e. The molecule has 8 heteroatoms. The van der Waals surface area contributed by atoms with Crippen LogP contribution in [-0.2, 0) is 11.3 Å². The number of nitrogens with zero attached hydrogens (tertiary/aromatic N) is 4. The molecule has 0 saturated carbocycles. The largest absolute Gasteiger partial charge is 0.478 e. The molecule has 2 heterocycles. The average Bonchev–Trinajstić information content (AvgIpc) is 3.01. The Morgan fingerprint density at radius 1 is 1.35 bits per heavy atom. The Balaban J connectivity index is 1.99. The highest BCUT2D eigenvalue weighted by Crippen LogP contribution is 2.25. The van der Waals surface area contributed by atoms with Crippen LogP contribution in [0.25, 0.3) is 15.5 Å². The van der Waals surface area contributed by atoms with Gasteiger partial charge in [0.2, 0.25) is 4.96 Å². The Morgan fingerprint density at radius 3 is 2.75 bits per heavy atom. The molecule has 0 aliphatic rings. The van der Waals surface area contributed by atoms with Crippen molar-refractivity contribution in [3.8, 4) is 10.6 Å². The zero-order valence-electron chi connectivity index (χ0n) is 10.5. The van der Waals surface area contributed by atoms with Crippen LogP contribution in [0.2, 0.25) is 0 Å². The molecule has 0 spiro atoms. The van der Waals surface area contributed by atoms with Gasteiger partial charge in [-0.2, -0.15) is 9.61 Å². The van der Waals surface area contributed by atoms with Gasteiger partial charge in [-0.05, 0) is 12.1 Å². The molecule has 0 amide bonds. The standard InChI is InChI=1S/C12H10N4O3S/c1-19-6-9-13-14-12-16(9)15-10(20-12)7-2-4-8(5-3-7)11(17)18/h2-5H,6H2,1H3,(H,17,18). The van der Waals surface area contributed by atoms with Crippen LogP contribution in [-0.4, -0.2) is 38.0 Å². The lowest BCUT2D eigenvalue weighted by Gasteiger charge is -1.97. The highest BCUT2D eigenvalue weighted by molar-refractivity contribution is 7.19. The number of benzene rings is 1. The molecule has 3 aromatic rings. The van der Waals surface area contributed by atoms with Gasteiger partial charge in [-0.1, -0.05) is 23.5 Å². The van der Waals surface area contributed by atoms with Crippen LogP contribution in [0.5, 0.6) is 0 Å². The van der Waals surface area contributed by atoms with Crippen LogP contribution in [0.4, 0.5) is 0 Å². The van der Waals surface area contributed by atoms with E-state index < -0.39 is 5.97 Å². The zero-order chi connectivity index (χ0) is 14.1. The Kier molecular flexibility index (Phi) is 3.17. The van der Waals surface area contributed by atoms with Crippen LogP contribution in [0, 0.1) is 0 Å². The zero-order valence-corrected chi connectivity index (χ0v) is 11.3. The third-order valence-corrected chi connectivity index (χ3v) is 3.66. The van der Waals surface area contributed by atoms with Gasteiger partial charge < -0.3 is 9.84 Å². The summed E-state index contributed by atoms with van der Waals surface area (Å²) in [5, 5.41) is 22.0. The van der Waals surface area contributed by atoms with E-state index in [2.05, 4.69) is 15.3 Å². The molecule has 7 nitrogen and oxygen atoms in total. The maximum Gasteiger partial charge on any atom is 0.335 e. The van der Waals surface area contributed by atoms with E-state index >= 15 is 0 Å². The SMILES string of the molecule is COCc1nnc2sc(-c3ccc(C(=O)O)cc3)nn12. The maximum absolute atomic E-state index is 10.8. The lowest BCUT2D eigenvalue weighted by molar-refractivity contribution is 0.0697. The van der Waals surface area contributed by atoms with Crippen LogP contribution in [0.15, 0.2) is 24.3 Å². The summed E-state index contributed by atoms with van der Waals surface area (Å²) < 4.78 is 6.66. The second kappa shape index (κ2) is 4.99. The van der Waals surface area contributed by atoms with Gasteiger partial charge >= 0.3 is 5.97 Å². The fourth-order valence-corrected chi connectivity index (χ4v) is 2.61. The summed E-state index contributed by atoms with van der Waals surface area (Å²) in [5.74, 6) is -0.316. The monoisotopic (exact) mass is 290 g/mol. The molecule has 1 aromatic carbocycles. The second-order valence-corrected chi connectivity index (χ2v) is 4.99. The second-order valence-electron chi connectivity index (χ2n) is 4.03. The molecular formula is C12H10N4O3S. The average molecular weight is 290 g/mol. The van der Waals surface area contributed by atoms with E-state index in [9.17, 15) is 4.79 Å². The van der Waals surface area contributed by atoms with Crippen molar-refractivity contribution >= 4 is 22.3 Å². The highest BCUT2D eigenvalue weighted by atomic mass is 32.1. The Morgan fingerprint density at radius 2 is 2.10 bits per heavy atom. The number of aromatic nitrogens is 4. The third kappa shape index (κ3) is 2.15. The molecule has 0 fully saturated rings. The summed E-state index contributed by atoms with van der Waals surface area (Å²) in [6.45, 7) is 0.336. The molecule has 2 aromatic heterocycles. The third-order valence-electron chi connectivity index (χ3n) is 2.71. The van der Waals surface area contributed by atoms with Gasteiger partial charge in [0.25, 0.3) is 0 Å². The van der Waals surface area contributed by atoms with E-state index in [0.717, 1.165) is 10.6 Å². The molecule has 1 N–H and O–H groups in total. The number of carboxylic acids is 1. The van der Waals surface area contributed by atoms with E-state index in [0.29, 0.717) is 17.4 Å². The molecule has 0 unspecified atom stereocenters. The van der Waals surface area contributed by atoms with E-state index in [1.165, 1.54) is 11.3 Å². The van der Waals surface area contributed by atoms with E-state index in [1.807, 2.05) is 0 Å². The molecule has 0 aliphatic heterocycles. The molecule has 0 aliphatic carbocycles. The van der Waals surface area contributed by atoms with Gasteiger partial charge in [0.1, 0.15) is 11.6 Å². The molecule has 102 valence electrons. The van der Waals surface area contributed by atoms with Crippen molar-refractivity contribution in [1.29, 1.82) is 0 Å². The summed E-state index contributed by atoms with van der Waals surface area (Å²) in [6.07, 6.45) is 0. The van der Waals surface area contributed by atoms with Gasteiger partial charge in [0.15, 0.2) is 5.82 Å². The minimum atomic E-state index is -0.947. The van der Waals surface area contributed by atoms with Crippen LogP contribution >= 0.6 is 11.3 Å². The summed E-state index contributed by atoms with van der Waals surface area (Å²) in [4.78, 5) is 11.5. The predicted octanol–water partition coefficient (Wildman–Crippen LogP) is 1.70. The normalized spacial score (nSPS) is 11.1. The highest BCUT2D eigenvalue weighted by Gasteiger charge is 2.13. The number of hydrogen-bond donors (Lipinski definition) is 1. The summed E-state index contributed by atoms with van der Waals surface area (Å²) in [6, 6.07) is 6.56. The molecule has 0 bridgehead atoms. The first-order valence-electron chi connectivity index (χ1n) is 5.73. The van der Waals surface area contributed by atoms with Gasteiger partial charge in [0.05, 0.1) is 5.56 Å². The number of ether oxygens (including phenoxy) is 1. The molecule has 0 saturated heterocycles. The number of aromatic carboxylic acids is 1. The van der Waals surface area contributed by atoms with Crippen LogP contribution < -0.4 is 0 Å². The van der Waals surface area contributed by atoms with Crippen molar-refractivity contribution in [2.24, 2.45) is 0 Å². The number of fused-ring (bicyclic) bond motifs is 1. The lowest BCUT2D eigenvalue weighted by atomic mass is 10.1. The summed E-state index contributed by atoms with van der Waals surface area (Å²) in [5.41, 5.74) is 1.09. The van der Waals surface area contributed by atoms with Gasteiger partial charge in [0, 0.05) is 12.7 Å². The van der Waals surface area contributed by atoms with E-state index in [-0.39, 0.29) is 5.56 Å². The first-order valence-corrected chi connectivity index (χ1v) is 6.54. The Hall–Kier alpha value is -2.32. The van der Waals surface area contributed by atoms with Crippen LogP contribution in [0.1, 0.15) is 16.2 Å². The fraction of sp³-hybridized carbons (Fsp3) is 0.167. The van der Waals surface area contributed by atoms with Crippen molar-refractivity contribution in [2.45, 2.75) is 6.61 Å². The van der Waals surface area contributed by atoms with Crippen molar-refractivity contribution < 1.29 is 14.6 Å². The molecular weight excluding hydrogens is 280 g/mol. The molecule has 0 atom stereocenters. The number of carboxylic acid groups (broad SMARTS) is 1. The number of rotatable bonds is 4. The Labute approximate surface area is 117 Å². The molecule has 3 rings (SSSR count). The van der Waals surface area contributed by atoms with E-state index in [1.54, 1.807) is 35.9 Å². The topological polar surface area (TPSA) is 89.6 Å². The molecule has 0 radical (unpaired) electrons.